The quantitative estimate of drug-likeness (QED) is 0.714. The van der Waals surface area contributed by atoms with E-state index in [-0.39, 0.29) is 12.2 Å². The topological polar surface area (TPSA) is 34.9 Å². The van der Waals surface area contributed by atoms with Crippen LogP contribution in [0, 0.1) is 5.82 Å². The molecule has 2 rings (SSSR count). The third-order valence-electron chi connectivity index (χ3n) is 2.09. The fraction of sp³-hybridized carbons (Fsp3) is 0.0909. The lowest BCUT2D eigenvalue weighted by Gasteiger charge is -2.05. The van der Waals surface area contributed by atoms with Gasteiger partial charge in [0.15, 0.2) is 0 Å². The number of carbonyl (C=O) groups is 1. The molecule has 1 aromatic carbocycles. The Bertz CT molecular complexity index is 462. The first-order valence-electron chi connectivity index (χ1n) is 4.53. The first-order chi connectivity index (χ1) is 7.31. The Labute approximate surface area is 86.2 Å². The maximum absolute atomic E-state index is 12.7. The summed E-state index contributed by atoms with van der Waals surface area (Å²) in [7, 11) is 0. The zero-order valence-electron chi connectivity index (χ0n) is 7.93. The summed E-state index contributed by atoms with van der Waals surface area (Å²) in [5, 5.41) is 0. The van der Waals surface area contributed by atoms with Gasteiger partial charge < -0.3 is 9.36 Å². The molecule has 0 aliphatic rings. The van der Waals surface area contributed by atoms with Crippen molar-refractivity contribution in [2.24, 2.45) is 0 Å². The highest BCUT2D eigenvalue weighted by molar-refractivity contribution is 5.53. The van der Waals surface area contributed by atoms with Crippen LogP contribution in [0.3, 0.4) is 0 Å². The highest BCUT2D eigenvalue weighted by Crippen LogP contribution is 2.11. The zero-order chi connectivity index (χ0) is 10.7. The van der Waals surface area contributed by atoms with Crippen LogP contribution < -0.4 is 0 Å². The molecule has 0 unspecified atom stereocenters. The first kappa shape index (κ1) is 9.58. The van der Waals surface area contributed by atoms with E-state index >= 15 is 0 Å². The molecule has 3 nitrogen and oxygen atoms in total. The maximum atomic E-state index is 12.7. The van der Waals surface area contributed by atoms with Gasteiger partial charge in [0.05, 0.1) is 6.42 Å². The van der Waals surface area contributed by atoms with Crippen LogP contribution in [-0.2, 0) is 11.2 Å². The van der Waals surface area contributed by atoms with Crippen LogP contribution in [0.15, 0.2) is 36.7 Å². The second kappa shape index (κ2) is 4.04. The molecule has 15 heavy (non-hydrogen) atoms. The first-order valence-corrected chi connectivity index (χ1v) is 4.53. The van der Waals surface area contributed by atoms with Crippen LogP contribution in [0.25, 0.3) is 5.69 Å². The second-order valence-corrected chi connectivity index (χ2v) is 3.06. The van der Waals surface area contributed by atoms with Crippen molar-refractivity contribution in [3.05, 3.63) is 48.3 Å². The summed E-state index contributed by atoms with van der Waals surface area (Å²) in [5.74, 6) is 0.368. The van der Waals surface area contributed by atoms with E-state index in [2.05, 4.69) is 4.98 Å². The molecular weight excluding hydrogens is 195 g/mol. The van der Waals surface area contributed by atoms with Gasteiger partial charge in [-0.2, -0.15) is 0 Å². The van der Waals surface area contributed by atoms with Crippen LogP contribution in [0.5, 0.6) is 0 Å². The minimum absolute atomic E-state index is 0.254. The summed E-state index contributed by atoms with van der Waals surface area (Å²) >= 11 is 0. The van der Waals surface area contributed by atoms with Gasteiger partial charge in [-0.15, -0.1) is 0 Å². The highest BCUT2D eigenvalue weighted by Gasteiger charge is 2.03. The molecule has 0 spiro atoms. The van der Waals surface area contributed by atoms with Crippen molar-refractivity contribution < 1.29 is 9.18 Å². The Morgan fingerprint density at radius 3 is 2.73 bits per heavy atom. The van der Waals surface area contributed by atoms with Gasteiger partial charge in [0.25, 0.3) is 0 Å². The lowest BCUT2D eigenvalue weighted by molar-refractivity contribution is -0.107. The number of hydrogen-bond donors (Lipinski definition) is 0. The van der Waals surface area contributed by atoms with E-state index in [0.29, 0.717) is 5.82 Å². The third-order valence-corrected chi connectivity index (χ3v) is 2.09. The molecule has 0 aliphatic carbocycles. The van der Waals surface area contributed by atoms with Gasteiger partial charge in [-0.3, -0.25) is 0 Å². The summed E-state index contributed by atoms with van der Waals surface area (Å²) in [5.41, 5.74) is 0.797. The highest BCUT2D eigenvalue weighted by atomic mass is 19.1. The molecule has 0 bridgehead atoms. The lowest BCUT2D eigenvalue weighted by Crippen LogP contribution is -2.01. The maximum Gasteiger partial charge on any atom is 0.127 e. The monoisotopic (exact) mass is 204 g/mol. The van der Waals surface area contributed by atoms with Crippen molar-refractivity contribution in [3.8, 4) is 5.69 Å². The van der Waals surface area contributed by atoms with E-state index in [1.807, 2.05) is 0 Å². The number of aldehydes is 1. The van der Waals surface area contributed by atoms with Gasteiger partial charge in [-0.1, -0.05) is 0 Å². The lowest BCUT2D eigenvalue weighted by atomic mass is 10.3. The molecule has 4 heteroatoms. The number of nitrogens with zero attached hydrogens (tertiary/aromatic N) is 2. The number of benzene rings is 1. The largest absolute Gasteiger partial charge is 0.303 e. The van der Waals surface area contributed by atoms with Gasteiger partial charge in [0, 0.05) is 18.1 Å². The molecular formula is C11H9FN2O. The minimum atomic E-state index is -0.282. The molecule has 0 radical (unpaired) electrons. The van der Waals surface area contributed by atoms with E-state index in [1.165, 1.54) is 12.1 Å². The van der Waals surface area contributed by atoms with Crippen LogP contribution >= 0.6 is 0 Å². The number of aromatic nitrogens is 2. The number of imidazole rings is 1. The summed E-state index contributed by atoms with van der Waals surface area (Å²) in [6, 6.07) is 6.04. The van der Waals surface area contributed by atoms with Crippen molar-refractivity contribution in [3.63, 3.8) is 0 Å². The van der Waals surface area contributed by atoms with Crippen LogP contribution in [0.1, 0.15) is 5.82 Å². The standard InChI is InChI=1S/C11H9FN2O/c12-9-1-3-10(4-2-9)14-7-6-13-11(14)5-8-15/h1-4,6-8H,5H2. The molecule has 0 atom stereocenters. The number of rotatable bonds is 3. The van der Waals surface area contributed by atoms with E-state index in [1.54, 1.807) is 29.1 Å². The average Bonchev–Trinajstić information content (AvgIpc) is 2.68. The molecule has 2 aromatic rings. The molecule has 0 aliphatic heterocycles. The van der Waals surface area contributed by atoms with Crippen LogP contribution in [0.4, 0.5) is 4.39 Å². The molecule has 0 saturated carbocycles. The molecule has 0 saturated heterocycles. The molecule has 1 heterocycles. The Morgan fingerprint density at radius 2 is 2.07 bits per heavy atom. The van der Waals surface area contributed by atoms with Gasteiger partial charge in [0.1, 0.15) is 17.9 Å². The van der Waals surface area contributed by atoms with Crippen molar-refractivity contribution in [1.29, 1.82) is 0 Å². The number of halogens is 1. The Balaban J connectivity index is 2.40. The van der Waals surface area contributed by atoms with Crippen LogP contribution in [-0.4, -0.2) is 15.8 Å². The summed E-state index contributed by atoms with van der Waals surface area (Å²) in [4.78, 5) is 14.4. The Morgan fingerprint density at radius 1 is 1.33 bits per heavy atom. The SMILES string of the molecule is O=CCc1nccn1-c1ccc(F)cc1. The predicted octanol–water partition coefficient (Wildman–Crippen LogP) is 1.75. The normalized spacial score (nSPS) is 10.2. The molecule has 0 fully saturated rings. The predicted molar refractivity (Wildman–Crippen MR) is 53.3 cm³/mol. The zero-order valence-corrected chi connectivity index (χ0v) is 7.93. The number of carbonyl (C=O) groups excluding carboxylic acids is 1. The van der Waals surface area contributed by atoms with E-state index in [4.69, 9.17) is 0 Å². The minimum Gasteiger partial charge on any atom is -0.303 e. The van der Waals surface area contributed by atoms with E-state index < -0.39 is 0 Å². The Hall–Kier alpha value is -1.97. The smallest absolute Gasteiger partial charge is 0.127 e. The third kappa shape index (κ3) is 1.93. The van der Waals surface area contributed by atoms with Gasteiger partial charge >= 0.3 is 0 Å². The molecule has 76 valence electrons. The van der Waals surface area contributed by atoms with E-state index in [0.717, 1.165) is 12.0 Å². The molecule has 1 aromatic heterocycles. The Kier molecular flexibility index (Phi) is 2.58. The van der Waals surface area contributed by atoms with Crippen molar-refractivity contribution in [1.82, 2.24) is 9.55 Å². The summed E-state index contributed by atoms with van der Waals surface area (Å²) < 4.78 is 14.5. The van der Waals surface area contributed by atoms with Crippen molar-refractivity contribution >= 4 is 6.29 Å². The van der Waals surface area contributed by atoms with Gasteiger partial charge in [0.2, 0.25) is 0 Å². The second-order valence-electron chi connectivity index (χ2n) is 3.06. The molecule has 0 amide bonds. The van der Waals surface area contributed by atoms with Gasteiger partial charge in [-0.05, 0) is 24.3 Å². The average molecular weight is 204 g/mol. The summed E-state index contributed by atoms with van der Waals surface area (Å²) in [6.07, 6.45) is 4.40. The van der Waals surface area contributed by atoms with Crippen LogP contribution in [0.2, 0.25) is 0 Å². The van der Waals surface area contributed by atoms with E-state index in [9.17, 15) is 9.18 Å². The fourth-order valence-corrected chi connectivity index (χ4v) is 1.40. The fourth-order valence-electron chi connectivity index (χ4n) is 1.40. The van der Waals surface area contributed by atoms with Gasteiger partial charge in [-0.25, -0.2) is 9.37 Å². The van der Waals surface area contributed by atoms with Crippen molar-refractivity contribution in [2.75, 3.05) is 0 Å². The summed E-state index contributed by atoms with van der Waals surface area (Å²) in [6.45, 7) is 0. The van der Waals surface area contributed by atoms with Crippen molar-refractivity contribution in [2.45, 2.75) is 6.42 Å². The molecule has 0 N–H and O–H groups in total. The number of hydrogen-bond acceptors (Lipinski definition) is 2.